The molecule has 0 aromatic heterocycles. The second-order valence-corrected chi connectivity index (χ2v) is 6.88. The lowest BCUT2D eigenvalue weighted by Gasteiger charge is -2.17. The van der Waals surface area contributed by atoms with Crippen molar-refractivity contribution in [2.75, 3.05) is 37.8 Å². The molecular weight excluding hydrogens is 278 g/mol. The van der Waals surface area contributed by atoms with E-state index in [1.165, 1.54) is 0 Å². The molecule has 1 aromatic carbocycles. The minimum atomic E-state index is -3.27. The van der Waals surface area contributed by atoms with Gasteiger partial charge in [-0.2, -0.15) is 0 Å². The third-order valence-electron chi connectivity index (χ3n) is 3.10. The zero-order chi connectivity index (χ0) is 14.8. The molecule has 0 fully saturated rings. The molecule has 1 aromatic rings. The summed E-state index contributed by atoms with van der Waals surface area (Å²) in [6, 6.07) is 6.78. The minimum Gasteiger partial charge on any atom is -0.387 e. The van der Waals surface area contributed by atoms with Crippen LogP contribution in [-0.2, 0) is 10.0 Å². The van der Waals surface area contributed by atoms with E-state index >= 15 is 0 Å². The molecule has 7 heteroatoms. The highest BCUT2D eigenvalue weighted by atomic mass is 32.2. The molecule has 0 amide bonds. The maximum Gasteiger partial charge on any atom is 0.229 e. The van der Waals surface area contributed by atoms with Crippen LogP contribution in [0.1, 0.15) is 11.7 Å². The number of aliphatic hydroxyl groups excluding tert-OH is 1. The first-order chi connectivity index (χ1) is 9.33. The molecule has 20 heavy (non-hydrogen) atoms. The maximum atomic E-state index is 11.1. The van der Waals surface area contributed by atoms with Crippen LogP contribution in [0.25, 0.3) is 0 Å². The number of nitrogens with one attached hydrogen (secondary N) is 1. The Hall–Kier alpha value is -1.44. The molecule has 0 aliphatic carbocycles. The number of hydrogen-bond donors (Lipinski definition) is 2. The quantitative estimate of drug-likeness (QED) is 0.755. The molecule has 1 aliphatic rings. The van der Waals surface area contributed by atoms with Crippen LogP contribution >= 0.6 is 0 Å². The highest BCUT2D eigenvalue weighted by Crippen LogP contribution is 2.18. The van der Waals surface area contributed by atoms with Gasteiger partial charge in [-0.1, -0.05) is 12.1 Å². The van der Waals surface area contributed by atoms with E-state index in [-0.39, 0.29) is 0 Å². The van der Waals surface area contributed by atoms with Crippen LogP contribution in [0.3, 0.4) is 0 Å². The van der Waals surface area contributed by atoms with Gasteiger partial charge in [-0.15, -0.1) is 0 Å². The SMILES string of the molecule is C[N+]1=CCN(CC(O)c2ccc(NS(C)(=O)=O)cc2)C1. The highest BCUT2D eigenvalue weighted by molar-refractivity contribution is 7.92. The molecule has 0 spiro atoms. The summed E-state index contributed by atoms with van der Waals surface area (Å²) in [5, 5.41) is 10.2. The van der Waals surface area contributed by atoms with E-state index in [1.807, 2.05) is 7.05 Å². The molecule has 0 saturated heterocycles. The topological polar surface area (TPSA) is 72.7 Å². The Bertz CT molecular complexity index is 596. The van der Waals surface area contributed by atoms with Crippen LogP contribution in [-0.4, -0.2) is 62.3 Å². The molecule has 6 nitrogen and oxygen atoms in total. The van der Waals surface area contributed by atoms with Crippen molar-refractivity contribution in [1.29, 1.82) is 0 Å². The van der Waals surface area contributed by atoms with Gasteiger partial charge >= 0.3 is 0 Å². The summed E-state index contributed by atoms with van der Waals surface area (Å²) >= 11 is 0. The average Bonchev–Trinajstić information content (AvgIpc) is 2.73. The first kappa shape index (κ1) is 15.0. The van der Waals surface area contributed by atoms with E-state index in [4.69, 9.17) is 0 Å². The van der Waals surface area contributed by atoms with Gasteiger partial charge in [-0.25, -0.2) is 17.9 Å². The van der Waals surface area contributed by atoms with Gasteiger partial charge in [-0.05, 0) is 17.7 Å². The van der Waals surface area contributed by atoms with Crippen LogP contribution in [0, 0.1) is 0 Å². The third kappa shape index (κ3) is 4.29. The molecule has 0 saturated carbocycles. The molecule has 1 unspecified atom stereocenters. The normalized spacial score (nSPS) is 17.9. The molecular formula is C13H20N3O3S+. The van der Waals surface area contributed by atoms with Gasteiger partial charge in [0.25, 0.3) is 0 Å². The molecule has 0 radical (unpaired) electrons. The van der Waals surface area contributed by atoms with Gasteiger partial charge in [0.2, 0.25) is 10.0 Å². The predicted octanol–water partition coefficient (Wildman–Crippen LogP) is 0.0777. The van der Waals surface area contributed by atoms with Crippen molar-refractivity contribution in [3.63, 3.8) is 0 Å². The Balaban J connectivity index is 1.95. The monoisotopic (exact) mass is 298 g/mol. The van der Waals surface area contributed by atoms with Gasteiger partial charge in [-0.3, -0.25) is 4.72 Å². The molecule has 2 rings (SSSR count). The van der Waals surface area contributed by atoms with E-state index in [9.17, 15) is 13.5 Å². The third-order valence-corrected chi connectivity index (χ3v) is 3.71. The fraction of sp³-hybridized carbons (Fsp3) is 0.462. The Morgan fingerprint density at radius 3 is 2.55 bits per heavy atom. The van der Waals surface area contributed by atoms with E-state index < -0.39 is 16.1 Å². The molecule has 110 valence electrons. The number of anilines is 1. The van der Waals surface area contributed by atoms with E-state index in [0.717, 1.165) is 25.0 Å². The largest absolute Gasteiger partial charge is 0.387 e. The summed E-state index contributed by atoms with van der Waals surface area (Å²) in [7, 11) is -1.27. The fourth-order valence-electron chi connectivity index (χ4n) is 2.16. The van der Waals surface area contributed by atoms with Crippen LogP contribution in [0.5, 0.6) is 0 Å². The van der Waals surface area contributed by atoms with Crippen LogP contribution < -0.4 is 4.72 Å². The Morgan fingerprint density at radius 1 is 1.40 bits per heavy atom. The molecule has 1 atom stereocenters. The molecule has 2 N–H and O–H groups in total. The van der Waals surface area contributed by atoms with E-state index in [0.29, 0.717) is 12.2 Å². The van der Waals surface area contributed by atoms with E-state index in [1.54, 1.807) is 24.3 Å². The van der Waals surface area contributed by atoms with E-state index in [2.05, 4.69) is 20.4 Å². The van der Waals surface area contributed by atoms with Gasteiger partial charge in [0.15, 0.2) is 12.9 Å². The van der Waals surface area contributed by atoms with Gasteiger partial charge in [0.1, 0.15) is 7.05 Å². The second-order valence-electron chi connectivity index (χ2n) is 5.13. The lowest BCUT2D eigenvalue weighted by Crippen LogP contribution is -2.28. The van der Waals surface area contributed by atoms with Gasteiger partial charge < -0.3 is 5.11 Å². The summed E-state index contributed by atoms with van der Waals surface area (Å²) in [4.78, 5) is 2.13. The fourth-order valence-corrected chi connectivity index (χ4v) is 2.72. The zero-order valence-electron chi connectivity index (χ0n) is 11.7. The number of β-amino-alcohol motifs (C(OH)–C–C–N with tert-alkyl or cyclic N) is 1. The number of rotatable bonds is 5. The zero-order valence-corrected chi connectivity index (χ0v) is 12.5. The summed E-state index contributed by atoms with van der Waals surface area (Å²) in [6.45, 7) is 2.20. The van der Waals surface area contributed by atoms with Crippen molar-refractivity contribution in [3.8, 4) is 0 Å². The number of hydrogen-bond acceptors (Lipinski definition) is 4. The number of nitrogens with zero attached hydrogens (tertiary/aromatic N) is 2. The van der Waals surface area contributed by atoms with Crippen LogP contribution in [0.15, 0.2) is 24.3 Å². The minimum absolute atomic E-state index is 0.498. The van der Waals surface area contributed by atoms with Crippen molar-refractivity contribution in [3.05, 3.63) is 29.8 Å². The summed E-state index contributed by atoms with van der Waals surface area (Å²) in [6.07, 6.45) is 2.60. The Labute approximate surface area is 119 Å². The van der Waals surface area contributed by atoms with Crippen molar-refractivity contribution in [2.45, 2.75) is 6.10 Å². The average molecular weight is 298 g/mol. The highest BCUT2D eigenvalue weighted by Gasteiger charge is 2.20. The summed E-state index contributed by atoms with van der Waals surface area (Å²) in [5.41, 5.74) is 1.27. The summed E-state index contributed by atoms with van der Waals surface area (Å²) < 4.78 is 26.7. The van der Waals surface area contributed by atoms with Crippen molar-refractivity contribution < 1.29 is 18.1 Å². The first-order valence-electron chi connectivity index (χ1n) is 6.35. The lowest BCUT2D eigenvalue weighted by molar-refractivity contribution is -0.502. The smallest absolute Gasteiger partial charge is 0.229 e. The number of benzene rings is 1. The predicted molar refractivity (Wildman–Crippen MR) is 78.6 cm³/mol. The Kier molecular flexibility index (Phi) is 4.42. The van der Waals surface area contributed by atoms with Gasteiger partial charge in [0, 0.05) is 12.2 Å². The lowest BCUT2D eigenvalue weighted by atomic mass is 10.1. The first-order valence-corrected chi connectivity index (χ1v) is 8.24. The molecule has 1 heterocycles. The van der Waals surface area contributed by atoms with Crippen LogP contribution in [0.2, 0.25) is 0 Å². The maximum absolute atomic E-state index is 11.1. The molecule has 1 aliphatic heterocycles. The van der Waals surface area contributed by atoms with Crippen molar-refractivity contribution in [1.82, 2.24) is 4.90 Å². The van der Waals surface area contributed by atoms with Crippen molar-refractivity contribution in [2.24, 2.45) is 0 Å². The number of aliphatic hydroxyl groups is 1. The summed E-state index contributed by atoms with van der Waals surface area (Å²) in [5.74, 6) is 0. The second kappa shape index (κ2) is 5.90. The Morgan fingerprint density at radius 2 is 2.05 bits per heavy atom. The number of sulfonamides is 1. The molecule has 0 bridgehead atoms. The van der Waals surface area contributed by atoms with Crippen molar-refractivity contribution >= 4 is 21.9 Å². The standard InChI is InChI=1S/C13H20N3O3S/c1-15-7-8-16(10-15)9-13(17)11-3-5-12(6-4-11)14-20(2,18)19/h3-7,13-14,17H,8-10H2,1-2H3/q+1. The van der Waals surface area contributed by atoms with Gasteiger partial charge in [0.05, 0.1) is 18.9 Å². The van der Waals surface area contributed by atoms with Crippen LogP contribution in [0.4, 0.5) is 5.69 Å².